The molecule has 1 fully saturated rings. The monoisotopic (exact) mass is 407 g/mol. The SMILES string of the molecule is N/N=C(\c1cccc(O)c1)c1nc(Nc2ccc(F)cc2)nc(N2CCCCC2)n1. The zero-order valence-corrected chi connectivity index (χ0v) is 16.3. The molecule has 0 atom stereocenters. The highest BCUT2D eigenvalue weighted by Gasteiger charge is 2.20. The second-order valence-corrected chi connectivity index (χ2v) is 6.99. The molecule has 2 heterocycles. The number of phenolic OH excluding ortho intramolecular Hbond substituents is 1. The van der Waals surface area contributed by atoms with Crippen LogP contribution in [0.1, 0.15) is 30.7 Å². The summed E-state index contributed by atoms with van der Waals surface area (Å²) in [5.41, 5.74) is 1.55. The van der Waals surface area contributed by atoms with Gasteiger partial charge < -0.3 is 21.2 Å². The second kappa shape index (κ2) is 8.73. The Bertz CT molecular complexity index is 1050. The van der Waals surface area contributed by atoms with E-state index in [2.05, 4.69) is 30.3 Å². The van der Waals surface area contributed by atoms with Crippen LogP contribution in [0.4, 0.5) is 22.0 Å². The van der Waals surface area contributed by atoms with Crippen LogP contribution in [0.25, 0.3) is 0 Å². The number of phenols is 1. The molecule has 3 aromatic rings. The number of hydrogen-bond acceptors (Lipinski definition) is 8. The summed E-state index contributed by atoms with van der Waals surface area (Å²) < 4.78 is 13.2. The van der Waals surface area contributed by atoms with Crippen LogP contribution < -0.4 is 16.1 Å². The van der Waals surface area contributed by atoms with Gasteiger partial charge in [-0.3, -0.25) is 0 Å². The second-order valence-electron chi connectivity index (χ2n) is 6.99. The average molecular weight is 407 g/mol. The number of rotatable bonds is 5. The molecule has 1 aliphatic heterocycles. The van der Waals surface area contributed by atoms with Crippen LogP contribution in [0.15, 0.2) is 53.6 Å². The predicted molar refractivity (Wildman–Crippen MR) is 114 cm³/mol. The third-order valence-corrected chi connectivity index (χ3v) is 4.82. The number of nitrogens with zero attached hydrogens (tertiary/aromatic N) is 5. The van der Waals surface area contributed by atoms with E-state index in [1.807, 2.05) is 0 Å². The van der Waals surface area contributed by atoms with Gasteiger partial charge in [0.1, 0.15) is 17.3 Å². The number of aromatic hydroxyl groups is 1. The molecule has 0 saturated carbocycles. The van der Waals surface area contributed by atoms with E-state index in [9.17, 15) is 9.50 Å². The van der Waals surface area contributed by atoms with E-state index in [0.717, 1.165) is 25.9 Å². The molecule has 1 saturated heterocycles. The molecule has 30 heavy (non-hydrogen) atoms. The van der Waals surface area contributed by atoms with Crippen molar-refractivity contribution in [2.75, 3.05) is 23.3 Å². The summed E-state index contributed by atoms with van der Waals surface area (Å²) in [5.74, 6) is 6.52. The molecule has 8 nitrogen and oxygen atoms in total. The Hall–Kier alpha value is -3.75. The molecule has 0 aliphatic carbocycles. The van der Waals surface area contributed by atoms with Crippen molar-refractivity contribution in [3.63, 3.8) is 0 Å². The van der Waals surface area contributed by atoms with Crippen LogP contribution in [0, 0.1) is 5.82 Å². The average Bonchev–Trinajstić information content (AvgIpc) is 2.76. The Balaban J connectivity index is 1.75. The lowest BCUT2D eigenvalue weighted by Crippen LogP contribution is -2.32. The lowest BCUT2D eigenvalue weighted by Gasteiger charge is -2.27. The smallest absolute Gasteiger partial charge is 0.232 e. The Morgan fingerprint density at radius 2 is 1.80 bits per heavy atom. The van der Waals surface area contributed by atoms with Crippen molar-refractivity contribution >= 4 is 23.3 Å². The van der Waals surface area contributed by atoms with E-state index in [-0.39, 0.29) is 17.4 Å². The van der Waals surface area contributed by atoms with Gasteiger partial charge in [0.15, 0.2) is 5.82 Å². The standard InChI is InChI=1S/C21H22FN7O/c22-15-7-9-16(10-8-15)24-20-25-19(18(28-23)14-5-4-6-17(30)13-14)26-21(27-20)29-11-2-1-3-12-29/h4-10,13,30H,1-3,11-12,23H2,(H,24,25,26,27)/b28-18+. The number of halogens is 1. The number of hydrazone groups is 1. The van der Waals surface area contributed by atoms with Gasteiger partial charge in [0.25, 0.3) is 0 Å². The van der Waals surface area contributed by atoms with Crippen molar-refractivity contribution in [2.24, 2.45) is 10.9 Å². The predicted octanol–water partition coefficient (Wildman–Crippen LogP) is 3.16. The lowest BCUT2D eigenvalue weighted by molar-refractivity contribution is 0.475. The topological polar surface area (TPSA) is 113 Å². The fourth-order valence-electron chi connectivity index (χ4n) is 3.34. The number of piperidine rings is 1. The molecular weight excluding hydrogens is 385 g/mol. The third-order valence-electron chi connectivity index (χ3n) is 4.82. The van der Waals surface area contributed by atoms with Crippen molar-refractivity contribution in [1.29, 1.82) is 0 Å². The molecule has 1 aromatic heterocycles. The highest BCUT2D eigenvalue weighted by atomic mass is 19.1. The maximum atomic E-state index is 13.2. The zero-order valence-electron chi connectivity index (χ0n) is 16.3. The van der Waals surface area contributed by atoms with Crippen LogP contribution in [0.5, 0.6) is 5.75 Å². The minimum Gasteiger partial charge on any atom is -0.508 e. The quantitative estimate of drug-likeness (QED) is 0.338. The summed E-state index contributed by atoms with van der Waals surface area (Å²) >= 11 is 0. The normalized spacial score (nSPS) is 14.6. The molecule has 0 bridgehead atoms. The van der Waals surface area contributed by atoms with Crippen molar-refractivity contribution in [3.05, 3.63) is 65.7 Å². The van der Waals surface area contributed by atoms with E-state index in [0.29, 0.717) is 28.9 Å². The van der Waals surface area contributed by atoms with Gasteiger partial charge in [-0.2, -0.15) is 20.1 Å². The first kappa shape index (κ1) is 19.6. The summed E-state index contributed by atoms with van der Waals surface area (Å²) in [4.78, 5) is 15.7. The van der Waals surface area contributed by atoms with Crippen LogP contribution in [0.2, 0.25) is 0 Å². The fourth-order valence-corrected chi connectivity index (χ4v) is 3.34. The Morgan fingerprint density at radius 1 is 1.03 bits per heavy atom. The summed E-state index contributed by atoms with van der Waals surface area (Å²) in [6.07, 6.45) is 3.30. The van der Waals surface area contributed by atoms with Gasteiger partial charge in [-0.05, 0) is 55.7 Å². The van der Waals surface area contributed by atoms with Crippen molar-refractivity contribution in [2.45, 2.75) is 19.3 Å². The minimum absolute atomic E-state index is 0.0867. The van der Waals surface area contributed by atoms with Crippen LogP contribution >= 0.6 is 0 Å². The molecule has 154 valence electrons. The zero-order chi connectivity index (χ0) is 20.9. The maximum Gasteiger partial charge on any atom is 0.232 e. The molecule has 0 spiro atoms. The maximum absolute atomic E-state index is 13.2. The van der Waals surface area contributed by atoms with E-state index in [1.165, 1.54) is 18.6 Å². The van der Waals surface area contributed by atoms with Crippen molar-refractivity contribution < 1.29 is 9.50 Å². The summed E-state index contributed by atoms with van der Waals surface area (Å²) in [6, 6.07) is 12.5. The summed E-state index contributed by atoms with van der Waals surface area (Å²) in [5, 5.41) is 16.8. The first-order chi connectivity index (χ1) is 14.6. The molecular formula is C21H22FN7O. The van der Waals surface area contributed by atoms with Gasteiger partial charge in [0.05, 0.1) is 0 Å². The summed E-state index contributed by atoms with van der Waals surface area (Å²) in [7, 11) is 0. The molecule has 4 N–H and O–H groups in total. The van der Waals surface area contributed by atoms with E-state index >= 15 is 0 Å². The van der Waals surface area contributed by atoms with Gasteiger partial charge in [-0.15, -0.1) is 0 Å². The van der Waals surface area contributed by atoms with Crippen LogP contribution in [-0.4, -0.2) is 38.9 Å². The number of nitrogens with one attached hydrogen (secondary N) is 1. The molecule has 4 rings (SSSR count). The molecule has 2 aromatic carbocycles. The Labute approximate surface area is 173 Å². The summed E-state index contributed by atoms with van der Waals surface area (Å²) in [6.45, 7) is 1.70. The molecule has 1 aliphatic rings. The van der Waals surface area contributed by atoms with E-state index < -0.39 is 0 Å². The number of anilines is 3. The van der Waals surface area contributed by atoms with Gasteiger partial charge in [-0.25, -0.2) is 4.39 Å². The largest absolute Gasteiger partial charge is 0.508 e. The van der Waals surface area contributed by atoms with E-state index in [4.69, 9.17) is 5.84 Å². The fraction of sp³-hybridized carbons (Fsp3) is 0.238. The number of benzene rings is 2. The number of aromatic nitrogens is 3. The first-order valence-electron chi connectivity index (χ1n) is 9.73. The van der Waals surface area contributed by atoms with Gasteiger partial charge >= 0.3 is 0 Å². The van der Waals surface area contributed by atoms with Crippen LogP contribution in [0.3, 0.4) is 0 Å². The van der Waals surface area contributed by atoms with Crippen molar-refractivity contribution in [3.8, 4) is 5.75 Å². The molecule has 0 radical (unpaired) electrons. The van der Waals surface area contributed by atoms with Crippen molar-refractivity contribution in [1.82, 2.24) is 15.0 Å². The molecule has 9 heteroatoms. The van der Waals surface area contributed by atoms with E-state index in [1.54, 1.807) is 36.4 Å². The minimum atomic E-state index is -0.327. The first-order valence-corrected chi connectivity index (χ1v) is 9.73. The van der Waals surface area contributed by atoms with Gasteiger partial charge in [-0.1, -0.05) is 12.1 Å². The van der Waals surface area contributed by atoms with Crippen LogP contribution in [-0.2, 0) is 0 Å². The van der Waals surface area contributed by atoms with Gasteiger partial charge in [0.2, 0.25) is 11.9 Å². The molecule has 0 unspecified atom stereocenters. The van der Waals surface area contributed by atoms with Gasteiger partial charge in [0, 0.05) is 24.3 Å². The molecule has 0 amide bonds. The third kappa shape index (κ3) is 4.45. The highest BCUT2D eigenvalue weighted by Crippen LogP contribution is 2.21. The Morgan fingerprint density at radius 3 is 2.50 bits per heavy atom. The number of hydrogen-bond donors (Lipinski definition) is 3. The lowest BCUT2D eigenvalue weighted by atomic mass is 10.1. The Kier molecular flexibility index (Phi) is 5.69. The number of nitrogens with two attached hydrogens (primary N) is 1. The highest BCUT2D eigenvalue weighted by molar-refractivity contribution is 6.10.